The predicted molar refractivity (Wildman–Crippen MR) is 146 cm³/mol. The number of unbranched alkanes of at least 4 members (excludes halogenated alkanes) is 20. The first kappa shape index (κ1) is 33.8. The Labute approximate surface area is 212 Å². The summed E-state index contributed by atoms with van der Waals surface area (Å²) in [5, 5.41) is 35.8. The molecule has 0 saturated heterocycles. The summed E-state index contributed by atoms with van der Waals surface area (Å²) in [6.07, 6.45) is 31.4. The Kier molecular flexibility index (Phi) is 28.9. The monoisotopic (exact) mass is 486 g/mol. The summed E-state index contributed by atoms with van der Waals surface area (Å²) >= 11 is 0. The molecule has 0 aromatic carbocycles. The van der Waals surface area contributed by atoms with Gasteiger partial charge in [0, 0.05) is 13.2 Å². The molecular weight excluding hydrogens is 424 g/mol. The summed E-state index contributed by atoms with van der Waals surface area (Å²) < 4.78 is 0. The van der Waals surface area contributed by atoms with Crippen LogP contribution in [0.5, 0.6) is 0 Å². The summed E-state index contributed by atoms with van der Waals surface area (Å²) in [6.45, 7) is 0.701. The van der Waals surface area contributed by atoms with Gasteiger partial charge in [-0.15, -0.1) is 0 Å². The first-order valence-corrected chi connectivity index (χ1v) is 15.3. The molecule has 0 aliphatic carbocycles. The first-order chi connectivity index (χ1) is 16.7. The van der Waals surface area contributed by atoms with Crippen molar-refractivity contribution in [3.05, 3.63) is 0 Å². The van der Waals surface area contributed by atoms with Crippen LogP contribution in [0.25, 0.3) is 0 Å². The Hall–Kier alpha value is -0.160. The van der Waals surface area contributed by atoms with Gasteiger partial charge in [-0.2, -0.15) is 0 Å². The maximum absolute atomic E-state index is 9.41. The Morgan fingerprint density at radius 2 is 0.588 bits per heavy atom. The number of rotatable bonds is 29. The Morgan fingerprint density at radius 3 is 0.882 bits per heavy atom. The van der Waals surface area contributed by atoms with E-state index in [1.165, 1.54) is 135 Å². The summed E-state index contributed by atoms with van der Waals surface area (Å²) in [5.41, 5.74) is 0. The van der Waals surface area contributed by atoms with Gasteiger partial charge in [0.05, 0.1) is 0 Å². The highest BCUT2D eigenvalue weighted by atomic mass is 16.5. The van der Waals surface area contributed by atoms with Crippen LogP contribution in [0.15, 0.2) is 0 Å². The van der Waals surface area contributed by atoms with Gasteiger partial charge in [0.1, 0.15) is 0 Å². The zero-order chi connectivity index (χ0) is 25.0. The number of hydrogen-bond acceptors (Lipinski definition) is 4. The van der Waals surface area contributed by atoms with Gasteiger partial charge in [-0.25, -0.2) is 0 Å². The van der Waals surface area contributed by atoms with Crippen LogP contribution in [0.3, 0.4) is 0 Å². The van der Waals surface area contributed by atoms with Crippen LogP contribution in [-0.4, -0.2) is 39.9 Å². The molecule has 0 heterocycles. The lowest BCUT2D eigenvalue weighted by atomic mass is 9.91. The van der Waals surface area contributed by atoms with Gasteiger partial charge >= 0.3 is 0 Å². The molecule has 0 radical (unpaired) electrons. The van der Waals surface area contributed by atoms with Crippen LogP contribution in [-0.2, 0) is 0 Å². The van der Waals surface area contributed by atoms with E-state index in [1.54, 1.807) is 0 Å². The molecule has 0 aliphatic heterocycles. The van der Waals surface area contributed by atoms with E-state index in [0.717, 1.165) is 31.6 Å². The van der Waals surface area contributed by atoms with E-state index in [4.69, 9.17) is 15.3 Å². The van der Waals surface area contributed by atoms with Crippen molar-refractivity contribution in [3.63, 3.8) is 0 Å². The lowest BCUT2D eigenvalue weighted by molar-refractivity contribution is -0.0466. The third-order valence-corrected chi connectivity index (χ3v) is 7.38. The van der Waals surface area contributed by atoms with Crippen molar-refractivity contribution >= 4 is 0 Å². The first-order valence-electron chi connectivity index (χ1n) is 15.3. The third-order valence-electron chi connectivity index (χ3n) is 7.38. The molecule has 1 atom stereocenters. The van der Waals surface area contributed by atoms with Crippen LogP contribution in [0, 0.1) is 5.92 Å². The maximum Gasteiger partial charge on any atom is 0.151 e. The normalized spacial score (nSPS) is 12.6. The molecule has 0 spiro atoms. The van der Waals surface area contributed by atoms with Crippen molar-refractivity contribution in [2.24, 2.45) is 5.92 Å². The Morgan fingerprint density at radius 1 is 0.294 bits per heavy atom. The number of aliphatic hydroxyl groups excluding tert-OH is 3. The predicted octanol–water partition coefficient (Wildman–Crippen LogP) is 8.04. The second-order valence-electron chi connectivity index (χ2n) is 10.7. The molecule has 0 bridgehead atoms. The molecule has 1 unspecified atom stereocenters. The van der Waals surface area contributed by atoms with E-state index in [0.29, 0.717) is 19.6 Å². The van der Waals surface area contributed by atoms with Crippen molar-refractivity contribution in [1.82, 2.24) is 0 Å². The van der Waals surface area contributed by atoms with Gasteiger partial charge in [0.2, 0.25) is 0 Å². The maximum atomic E-state index is 9.41. The van der Waals surface area contributed by atoms with Crippen LogP contribution in [0.1, 0.15) is 167 Å². The van der Waals surface area contributed by atoms with Gasteiger partial charge in [-0.05, 0) is 31.6 Å². The number of hydrogen-bond donors (Lipinski definition) is 4. The topological polar surface area (TPSA) is 80.9 Å². The second kappa shape index (κ2) is 29.1. The fraction of sp³-hybridized carbons (Fsp3) is 1.00. The fourth-order valence-corrected chi connectivity index (χ4v) is 5.10. The SMILES string of the molecule is OCCCCCCCCCCCCCC(CCO)CCCCCCCCCCCCCC(O)O. The summed E-state index contributed by atoms with van der Waals surface area (Å²) in [6, 6.07) is 0. The van der Waals surface area contributed by atoms with Crippen LogP contribution in [0.2, 0.25) is 0 Å². The highest BCUT2D eigenvalue weighted by Crippen LogP contribution is 2.22. The zero-order valence-corrected chi connectivity index (χ0v) is 22.7. The minimum Gasteiger partial charge on any atom is -0.396 e. The van der Waals surface area contributed by atoms with Crippen molar-refractivity contribution in [2.45, 2.75) is 173 Å². The molecule has 0 saturated carbocycles. The van der Waals surface area contributed by atoms with Gasteiger partial charge in [0.15, 0.2) is 6.29 Å². The summed E-state index contributed by atoms with van der Waals surface area (Å²) in [4.78, 5) is 0. The van der Waals surface area contributed by atoms with E-state index >= 15 is 0 Å². The molecule has 4 heteroatoms. The minimum atomic E-state index is -1.12. The smallest absolute Gasteiger partial charge is 0.151 e. The molecule has 0 fully saturated rings. The van der Waals surface area contributed by atoms with Crippen LogP contribution < -0.4 is 0 Å². The van der Waals surface area contributed by atoms with E-state index in [9.17, 15) is 5.11 Å². The molecule has 0 amide bonds. The lowest BCUT2D eigenvalue weighted by Crippen LogP contribution is -2.03. The molecule has 0 rings (SSSR count). The molecule has 34 heavy (non-hydrogen) atoms. The Balaban J connectivity index is 3.39. The molecule has 206 valence electrons. The van der Waals surface area contributed by atoms with Crippen molar-refractivity contribution in [2.75, 3.05) is 13.2 Å². The average Bonchev–Trinajstić information content (AvgIpc) is 2.82. The van der Waals surface area contributed by atoms with Gasteiger partial charge in [-0.3, -0.25) is 0 Å². The van der Waals surface area contributed by atoms with E-state index in [2.05, 4.69) is 0 Å². The third kappa shape index (κ3) is 28.1. The fourth-order valence-electron chi connectivity index (χ4n) is 5.10. The van der Waals surface area contributed by atoms with Crippen LogP contribution >= 0.6 is 0 Å². The molecule has 0 aromatic heterocycles. The lowest BCUT2D eigenvalue weighted by Gasteiger charge is -2.15. The number of aliphatic hydroxyl groups is 4. The van der Waals surface area contributed by atoms with Crippen molar-refractivity contribution < 1.29 is 20.4 Å². The van der Waals surface area contributed by atoms with Crippen LogP contribution in [0.4, 0.5) is 0 Å². The second-order valence-corrected chi connectivity index (χ2v) is 10.7. The molecular formula is C30H62O4. The highest BCUT2D eigenvalue weighted by molar-refractivity contribution is 4.61. The van der Waals surface area contributed by atoms with E-state index in [1.807, 2.05) is 0 Å². The largest absolute Gasteiger partial charge is 0.396 e. The molecule has 4 nitrogen and oxygen atoms in total. The summed E-state index contributed by atoms with van der Waals surface area (Å²) in [7, 11) is 0. The van der Waals surface area contributed by atoms with Gasteiger partial charge in [0.25, 0.3) is 0 Å². The van der Waals surface area contributed by atoms with E-state index < -0.39 is 6.29 Å². The minimum absolute atomic E-state index is 0.350. The average molecular weight is 487 g/mol. The highest BCUT2D eigenvalue weighted by Gasteiger charge is 2.08. The van der Waals surface area contributed by atoms with Crippen molar-refractivity contribution in [1.29, 1.82) is 0 Å². The van der Waals surface area contributed by atoms with Gasteiger partial charge in [-0.1, -0.05) is 141 Å². The quantitative estimate of drug-likeness (QED) is 0.0637. The Bertz CT molecular complexity index is 362. The summed E-state index contributed by atoms with van der Waals surface area (Å²) in [5.74, 6) is 0.732. The molecule has 0 aromatic rings. The van der Waals surface area contributed by atoms with E-state index in [-0.39, 0.29) is 0 Å². The molecule has 0 aliphatic rings. The standard InChI is InChI=1S/C30H62O4/c31-27-22-18-14-10-6-2-4-8-12-16-20-24-29(26-28-32)23-19-15-11-7-3-1-5-9-13-17-21-25-30(33)34/h29-34H,1-28H2. The molecule has 4 N–H and O–H groups in total. The zero-order valence-electron chi connectivity index (χ0n) is 22.7. The van der Waals surface area contributed by atoms with Gasteiger partial charge < -0.3 is 20.4 Å². The van der Waals surface area contributed by atoms with Crippen molar-refractivity contribution in [3.8, 4) is 0 Å².